The lowest BCUT2D eigenvalue weighted by Gasteiger charge is -2.36. The summed E-state index contributed by atoms with van der Waals surface area (Å²) in [5, 5.41) is 0. The van der Waals surface area contributed by atoms with Gasteiger partial charge in [0, 0.05) is 5.57 Å². The largest absolute Gasteiger partial charge is 0.463 e. The maximum Gasteiger partial charge on any atom is 0.334 e. The van der Waals surface area contributed by atoms with Crippen LogP contribution in [0.5, 0.6) is 0 Å². The quantitative estimate of drug-likeness (QED) is 0.535. The Morgan fingerprint density at radius 1 is 1.19 bits per heavy atom. The number of hydrogen-bond donors (Lipinski definition) is 0. The first-order valence-electron chi connectivity index (χ1n) is 5.83. The molecule has 1 rings (SSSR count). The fourth-order valence-corrected chi connectivity index (χ4v) is 1.77. The third-order valence-electron chi connectivity index (χ3n) is 2.56. The van der Waals surface area contributed by atoms with Crippen LogP contribution >= 0.6 is 0 Å². The van der Waals surface area contributed by atoms with Gasteiger partial charge >= 0.3 is 5.97 Å². The number of rotatable bonds is 5. The molecular weight excluding hydrogens is 208 g/mol. The molecule has 0 aromatic rings. The molecular formula is C12H20O4. The number of carbonyl (C=O) groups is 1. The molecule has 0 amide bonds. The third-order valence-corrected chi connectivity index (χ3v) is 2.56. The zero-order valence-electron chi connectivity index (χ0n) is 10.4. The van der Waals surface area contributed by atoms with Gasteiger partial charge in [-0.1, -0.05) is 13.8 Å². The fourth-order valence-electron chi connectivity index (χ4n) is 1.77. The molecule has 1 fully saturated rings. The van der Waals surface area contributed by atoms with E-state index in [4.69, 9.17) is 14.2 Å². The smallest absolute Gasteiger partial charge is 0.334 e. The van der Waals surface area contributed by atoms with E-state index in [9.17, 15) is 4.79 Å². The Bertz CT molecular complexity index is 277. The van der Waals surface area contributed by atoms with Crippen LogP contribution in [0.3, 0.4) is 0 Å². The second kappa shape index (κ2) is 6.01. The van der Waals surface area contributed by atoms with E-state index in [0.717, 1.165) is 12.0 Å². The molecule has 0 N–H and O–H groups in total. The molecule has 0 aromatic carbocycles. The van der Waals surface area contributed by atoms with E-state index < -0.39 is 0 Å². The van der Waals surface area contributed by atoms with E-state index in [1.165, 1.54) is 0 Å². The molecule has 0 unspecified atom stereocenters. The van der Waals surface area contributed by atoms with E-state index in [0.29, 0.717) is 18.6 Å². The minimum atomic E-state index is -0.362. The molecule has 1 heterocycles. The predicted octanol–water partition coefficient (Wildman–Crippen LogP) is 2.39. The van der Waals surface area contributed by atoms with Crippen molar-refractivity contribution < 1.29 is 19.0 Å². The summed E-state index contributed by atoms with van der Waals surface area (Å²) >= 11 is 0. The summed E-state index contributed by atoms with van der Waals surface area (Å²) < 4.78 is 15.8. The molecule has 0 bridgehead atoms. The first-order valence-corrected chi connectivity index (χ1v) is 5.83. The van der Waals surface area contributed by atoms with Gasteiger partial charge in [0.25, 0.3) is 0 Å². The van der Waals surface area contributed by atoms with Gasteiger partial charge in [-0.05, 0) is 32.3 Å². The zero-order valence-corrected chi connectivity index (χ0v) is 10.4. The van der Waals surface area contributed by atoms with Crippen molar-refractivity contribution in [1.29, 1.82) is 0 Å². The molecule has 92 valence electrons. The highest BCUT2D eigenvalue weighted by Gasteiger charge is 2.32. The lowest BCUT2D eigenvalue weighted by molar-refractivity contribution is -0.360. The maximum atomic E-state index is 11.7. The van der Waals surface area contributed by atoms with Crippen LogP contribution in [0.4, 0.5) is 0 Å². The fraction of sp³-hybridized carbons (Fsp3) is 0.750. The van der Waals surface area contributed by atoms with Gasteiger partial charge in [0.1, 0.15) is 0 Å². The molecule has 0 aliphatic carbocycles. The molecule has 0 saturated carbocycles. The topological polar surface area (TPSA) is 44.8 Å². The lowest BCUT2D eigenvalue weighted by Crippen LogP contribution is -2.40. The SMILES string of the molecule is CCOC(=O)/C(CC)=C(/CC)C1OC(C)O1. The number of ether oxygens (including phenoxy) is 3. The van der Waals surface area contributed by atoms with Gasteiger partial charge in [-0.3, -0.25) is 0 Å². The second-order valence-corrected chi connectivity index (χ2v) is 3.60. The number of carbonyl (C=O) groups excluding carboxylic acids is 1. The first-order chi connectivity index (χ1) is 7.63. The summed E-state index contributed by atoms with van der Waals surface area (Å²) in [4.78, 5) is 11.7. The highest BCUT2D eigenvalue weighted by atomic mass is 16.9. The van der Waals surface area contributed by atoms with E-state index in [-0.39, 0.29) is 18.5 Å². The van der Waals surface area contributed by atoms with Gasteiger partial charge < -0.3 is 14.2 Å². The minimum Gasteiger partial charge on any atom is -0.463 e. The van der Waals surface area contributed by atoms with Gasteiger partial charge in [-0.25, -0.2) is 4.79 Å². The summed E-state index contributed by atoms with van der Waals surface area (Å²) in [6.45, 7) is 7.95. The van der Waals surface area contributed by atoms with Gasteiger partial charge in [0.15, 0.2) is 12.6 Å². The molecule has 4 nitrogen and oxygen atoms in total. The summed E-state index contributed by atoms with van der Waals surface area (Å²) in [5.41, 5.74) is 1.58. The van der Waals surface area contributed by atoms with Crippen LogP contribution in [0.1, 0.15) is 40.5 Å². The molecule has 1 aliphatic heterocycles. The molecule has 0 aromatic heterocycles. The molecule has 0 spiro atoms. The normalized spacial score (nSPS) is 25.8. The van der Waals surface area contributed by atoms with Crippen LogP contribution in [0.15, 0.2) is 11.1 Å². The number of hydrogen-bond acceptors (Lipinski definition) is 4. The van der Waals surface area contributed by atoms with Crippen molar-refractivity contribution in [3.63, 3.8) is 0 Å². The van der Waals surface area contributed by atoms with Crippen LogP contribution in [-0.2, 0) is 19.0 Å². The maximum absolute atomic E-state index is 11.7. The summed E-state index contributed by atoms with van der Waals surface area (Å²) in [6.07, 6.45) is 0.838. The highest BCUT2D eigenvalue weighted by Crippen LogP contribution is 2.28. The average Bonchev–Trinajstić information content (AvgIpc) is 2.22. The molecule has 1 saturated heterocycles. The lowest BCUT2D eigenvalue weighted by atomic mass is 10.0. The second-order valence-electron chi connectivity index (χ2n) is 3.60. The van der Waals surface area contributed by atoms with E-state index in [2.05, 4.69) is 0 Å². The van der Waals surface area contributed by atoms with Crippen molar-refractivity contribution in [3.8, 4) is 0 Å². The summed E-state index contributed by atoms with van der Waals surface area (Å²) in [5.74, 6) is -0.256. The van der Waals surface area contributed by atoms with Gasteiger partial charge in [0.05, 0.1) is 6.61 Å². The van der Waals surface area contributed by atoms with Crippen LogP contribution < -0.4 is 0 Å². The van der Waals surface area contributed by atoms with Crippen molar-refractivity contribution >= 4 is 5.97 Å². The summed E-state index contributed by atoms with van der Waals surface area (Å²) in [7, 11) is 0. The molecule has 16 heavy (non-hydrogen) atoms. The van der Waals surface area contributed by atoms with Crippen molar-refractivity contribution in [2.24, 2.45) is 0 Å². The van der Waals surface area contributed by atoms with Crippen molar-refractivity contribution in [2.45, 2.75) is 53.1 Å². The van der Waals surface area contributed by atoms with E-state index >= 15 is 0 Å². The Hall–Kier alpha value is -0.870. The van der Waals surface area contributed by atoms with Crippen LogP contribution in [0.2, 0.25) is 0 Å². The van der Waals surface area contributed by atoms with E-state index in [1.807, 2.05) is 20.8 Å². The monoisotopic (exact) mass is 228 g/mol. The van der Waals surface area contributed by atoms with Gasteiger partial charge in [-0.15, -0.1) is 0 Å². The van der Waals surface area contributed by atoms with Gasteiger partial charge in [-0.2, -0.15) is 0 Å². The molecule has 0 atom stereocenters. The number of esters is 1. The Kier molecular flexibility index (Phi) is 4.96. The Morgan fingerprint density at radius 3 is 2.19 bits per heavy atom. The standard InChI is InChI=1S/C12H20O4/c1-5-9(11(13)14-7-3)10(6-2)12-15-8(4)16-12/h8,12H,5-7H2,1-4H3/b10-9-. The van der Waals surface area contributed by atoms with Crippen LogP contribution in [-0.4, -0.2) is 25.2 Å². The van der Waals surface area contributed by atoms with E-state index in [1.54, 1.807) is 6.92 Å². The molecule has 0 radical (unpaired) electrons. The molecule has 1 aliphatic rings. The van der Waals surface area contributed by atoms with Crippen LogP contribution in [0.25, 0.3) is 0 Å². The predicted molar refractivity (Wildman–Crippen MR) is 59.7 cm³/mol. The zero-order chi connectivity index (χ0) is 12.1. The Balaban J connectivity index is 2.80. The Labute approximate surface area is 96.6 Å². The highest BCUT2D eigenvalue weighted by molar-refractivity contribution is 5.89. The molecule has 4 heteroatoms. The average molecular weight is 228 g/mol. The minimum absolute atomic E-state index is 0.174. The Morgan fingerprint density at radius 2 is 1.81 bits per heavy atom. The van der Waals surface area contributed by atoms with Crippen molar-refractivity contribution in [2.75, 3.05) is 6.61 Å². The van der Waals surface area contributed by atoms with Crippen LogP contribution in [0, 0.1) is 0 Å². The summed E-state index contributed by atoms with van der Waals surface area (Å²) in [6, 6.07) is 0. The van der Waals surface area contributed by atoms with Gasteiger partial charge in [0.2, 0.25) is 0 Å². The first kappa shape index (κ1) is 13.2. The third kappa shape index (κ3) is 2.83. The van der Waals surface area contributed by atoms with Crippen molar-refractivity contribution in [3.05, 3.63) is 11.1 Å². The van der Waals surface area contributed by atoms with Crippen molar-refractivity contribution in [1.82, 2.24) is 0 Å².